The molecule has 230 valence electrons. The van der Waals surface area contributed by atoms with Crippen LogP contribution < -0.4 is 10.5 Å². The number of piperazine rings is 1. The molecular weight excluding hydrogens is 576 g/mol. The smallest absolute Gasteiger partial charge is 0.266 e. The van der Waals surface area contributed by atoms with Crippen molar-refractivity contribution in [1.82, 2.24) is 24.9 Å². The van der Waals surface area contributed by atoms with E-state index in [0.717, 1.165) is 55.2 Å². The van der Waals surface area contributed by atoms with E-state index >= 15 is 0 Å². The van der Waals surface area contributed by atoms with Gasteiger partial charge >= 0.3 is 0 Å². The summed E-state index contributed by atoms with van der Waals surface area (Å²) in [6.07, 6.45) is 0. The summed E-state index contributed by atoms with van der Waals surface area (Å²) in [7, 11) is 0. The third kappa shape index (κ3) is 4.67. The zero-order valence-corrected chi connectivity index (χ0v) is 25.3. The predicted molar refractivity (Wildman–Crippen MR) is 178 cm³/mol. The quantitative estimate of drug-likeness (QED) is 0.260. The van der Waals surface area contributed by atoms with E-state index in [1.54, 1.807) is 12.1 Å². The fraction of sp³-hybridized carbons (Fsp3) is 0.216. The second-order valence-corrected chi connectivity index (χ2v) is 11.9. The molecule has 0 bridgehead atoms. The Balaban J connectivity index is 1.32. The normalized spacial score (nSPS) is 17.2. The zero-order valence-electron chi connectivity index (χ0n) is 25.3. The van der Waals surface area contributed by atoms with Crippen LogP contribution in [0.25, 0.3) is 22.3 Å². The molecule has 2 aliphatic rings. The molecule has 0 saturated carbocycles. The van der Waals surface area contributed by atoms with Gasteiger partial charge in [0.05, 0.1) is 30.5 Å². The molecule has 2 fully saturated rings. The van der Waals surface area contributed by atoms with E-state index in [0.29, 0.717) is 34.9 Å². The van der Waals surface area contributed by atoms with Gasteiger partial charge in [-0.05, 0) is 28.8 Å². The average molecular weight is 611 g/mol. The number of fused-ring (bicyclic) bond motifs is 2. The van der Waals surface area contributed by atoms with E-state index in [-0.39, 0.29) is 11.3 Å². The van der Waals surface area contributed by atoms with Gasteiger partial charge in [-0.2, -0.15) is 10.2 Å². The molecule has 2 aromatic heterocycles. The third-order valence-corrected chi connectivity index (χ3v) is 9.36. The number of morpholine rings is 1. The number of phenolic OH excluding ortho intramolecular Hbond substituents is 1. The summed E-state index contributed by atoms with van der Waals surface area (Å²) >= 11 is 0. The SMILES string of the molecule is O=c1cc2c(n[nH]1)c(-c1ccc(N3CCN4CCOC[C@H]4C3)c(O)c1)nn2C(c1ccccc1)(c1ccccc1)c1ccccc1. The van der Waals surface area contributed by atoms with Gasteiger partial charge in [0.2, 0.25) is 0 Å². The van der Waals surface area contributed by atoms with Crippen molar-refractivity contribution in [2.45, 2.75) is 11.6 Å². The van der Waals surface area contributed by atoms with Crippen LogP contribution in [0.15, 0.2) is 120 Å². The van der Waals surface area contributed by atoms with E-state index in [1.807, 2.05) is 71.4 Å². The fourth-order valence-electron chi connectivity index (χ4n) is 7.19. The number of ether oxygens (including phenoxy) is 1. The molecule has 2 saturated heterocycles. The number of anilines is 1. The molecule has 9 heteroatoms. The fourth-order valence-corrected chi connectivity index (χ4v) is 7.19. The summed E-state index contributed by atoms with van der Waals surface area (Å²) in [6, 6.07) is 38.2. The van der Waals surface area contributed by atoms with Gasteiger partial charge < -0.3 is 14.7 Å². The molecular formula is C37H34N6O3. The molecule has 2 aliphatic heterocycles. The molecule has 4 heterocycles. The second-order valence-electron chi connectivity index (χ2n) is 11.9. The Hall–Kier alpha value is -5.25. The first-order valence-corrected chi connectivity index (χ1v) is 15.7. The minimum Gasteiger partial charge on any atom is -0.506 e. The summed E-state index contributed by atoms with van der Waals surface area (Å²) in [5, 5.41) is 23.9. The Morgan fingerprint density at radius 1 is 0.804 bits per heavy atom. The highest BCUT2D eigenvalue weighted by atomic mass is 16.5. The number of aromatic amines is 1. The van der Waals surface area contributed by atoms with Crippen LogP contribution in [0.1, 0.15) is 16.7 Å². The van der Waals surface area contributed by atoms with E-state index in [1.165, 1.54) is 0 Å². The number of rotatable bonds is 6. The summed E-state index contributed by atoms with van der Waals surface area (Å²) in [4.78, 5) is 17.6. The number of hydrogen-bond donors (Lipinski definition) is 2. The van der Waals surface area contributed by atoms with Gasteiger partial charge in [0.25, 0.3) is 5.56 Å². The van der Waals surface area contributed by atoms with Gasteiger partial charge in [0.15, 0.2) is 0 Å². The van der Waals surface area contributed by atoms with Crippen molar-refractivity contribution in [3.05, 3.63) is 142 Å². The van der Waals surface area contributed by atoms with Gasteiger partial charge in [-0.3, -0.25) is 9.69 Å². The Morgan fingerprint density at radius 3 is 2.09 bits per heavy atom. The molecule has 0 spiro atoms. The molecule has 1 atom stereocenters. The largest absolute Gasteiger partial charge is 0.506 e. The van der Waals surface area contributed by atoms with Crippen molar-refractivity contribution in [2.24, 2.45) is 0 Å². The van der Waals surface area contributed by atoms with Crippen molar-refractivity contribution in [2.75, 3.05) is 44.3 Å². The summed E-state index contributed by atoms with van der Waals surface area (Å²) < 4.78 is 7.66. The third-order valence-electron chi connectivity index (χ3n) is 9.36. The minimum absolute atomic E-state index is 0.176. The van der Waals surface area contributed by atoms with Crippen molar-refractivity contribution >= 4 is 16.7 Å². The van der Waals surface area contributed by atoms with Gasteiger partial charge in [-0.15, -0.1) is 0 Å². The van der Waals surface area contributed by atoms with Crippen LogP contribution in [0.3, 0.4) is 0 Å². The van der Waals surface area contributed by atoms with Gasteiger partial charge in [-0.25, -0.2) is 9.78 Å². The van der Waals surface area contributed by atoms with E-state index in [4.69, 9.17) is 9.84 Å². The highest BCUT2D eigenvalue weighted by Crippen LogP contribution is 2.44. The zero-order chi connectivity index (χ0) is 31.1. The lowest BCUT2D eigenvalue weighted by Crippen LogP contribution is -2.58. The topological polar surface area (TPSA) is 99.5 Å². The predicted octanol–water partition coefficient (Wildman–Crippen LogP) is 4.85. The lowest BCUT2D eigenvalue weighted by molar-refractivity contribution is -0.0117. The molecule has 0 unspecified atom stereocenters. The monoisotopic (exact) mass is 610 g/mol. The number of phenols is 1. The van der Waals surface area contributed by atoms with Crippen LogP contribution in [0.2, 0.25) is 0 Å². The molecule has 2 N–H and O–H groups in total. The van der Waals surface area contributed by atoms with Gasteiger partial charge in [0.1, 0.15) is 22.5 Å². The Morgan fingerprint density at radius 2 is 1.46 bits per heavy atom. The lowest BCUT2D eigenvalue weighted by Gasteiger charge is -2.44. The number of nitrogens with one attached hydrogen (secondary N) is 1. The van der Waals surface area contributed by atoms with Crippen molar-refractivity contribution < 1.29 is 9.84 Å². The standard InChI is InChI=1S/C37H34N6O3/c44-33-22-26(16-17-31(33)42-19-18-41-20-21-46-25-30(41)24-42)35-36-32(23-34(45)38-39-36)43(40-35)37(27-10-4-1-5-11-27,28-12-6-2-7-13-28)29-14-8-3-9-15-29/h1-17,22-23,30,44H,18-21,24-25H2,(H,38,45)/t30-/m1/s1. The number of benzene rings is 4. The minimum atomic E-state index is -0.945. The van der Waals surface area contributed by atoms with Crippen molar-refractivity contribution in [3.63, 3.8) is 0 Å². The summed E-state index contributed by atoms with van der Waals surface area (Å²) in [6.45, 7) is 4.98. The molecule has 9 nitrogen and oxygen atoms in total. The van der Waals surface area contributed by atoms with Crippen LogP contribution in [-0.4, -0.2) is 75.4 Å². The molecule has 46 heavy (non-hydrogen) atoms. The molecule has 0 amide bonds. The maximum absolute atomic E-state index is 12.9. The van der Waals surface area contributed by atoms with Crippen molar-refractivity contribution in [1.29, 1.82) is 0 Å². The maximum atomic E-state index is 12.9. The summed E-state index contributed by atoms with van der Waals surface area (Å²) in [5.41, 5.74) is 4.82. The Kier molecular flexibility index (Phi) is 7.12. The highest BCUT2D eigenvalue weighted by molar-refractivity contribution is 5.91. The van der Waals surface area contributed by atoms with Gasteiger partial charge in [0, 0.05) is 37.8 Å². The van der Waals surface area contributed by atoms with E-state index in [2.05, 4.69) is 56.4 Å². The van der Waals surface area contributed by atoms with Crippen LogP contribution in [0.5, 0.6) is 5.75 Å². The Bertz CT molecular complexity index is 1950. The first-order chi connectivity index (χ1) is 22.6. The molecule has 0 radical (unpaired) electrons. The molecule has 4 aromatic carbocycles. The maximum Gasteiger partial charge on any atom is 0.266 e. The first kappa shape index (κ1) is 28.2. The first-order valence-electron chi connectivity index (χ1n) is 15.7. The number of nitrogens with zero attached hydrogens (tertiary/aromatic N) is 5. The molecule has 0 aliphatic carbocycles. The Labute approximate surface area is 266 Å². The van der Waals surface area contributed by atoms with Crippen molar-refractivity contribution in [3.8, 4) is 17.0 Å². The average Bonchev–Trinajstić information content (AvgIpc) is 3.48. The number of aromatic nitrogens is 4. The number of aromatic hydroxyl groups is 1. The highest BCUT2D eigenvalue weighted by Gasteiger charge is 2.41. The molecule has 8 rings (SSSR count). The number of hydrogen-bond acceptors (Lipinski definition) is 7. The molecule has 6 aromatic rings. The van der Waals surface area contributed by atoms with Crippen LogP contribution in [0.4, 0.5) is 5.69 Å². The second kappa shape index (κ2) is 11.6. The summed E-state index contributed by atoms with van der Waals surface area (Å²) in [5.74, 6) is 0.176. The van der Waals surface area contributed by atoms with Crippen LogP contribution in [-0.2, 0) is 10.3 Å². The van der Waals surface area contributed by atoms with Crippen LogP contribution in [0, 0.1) is 0 Å². The van der Waals surface area contributed by atoms with E-state index < -0.39 is 5.54 Å². The van der Waals surface area contributed by atoms with Crippen LogP contribution >= 0.6 is 0 Å². The van der Waals surface area contributed by atoms with Gasteiger partial charge in [-0.1, -0.05) is 97.1 Å². The van der Waals surface area contributed by atoms with E-state index in [9.17, 15) is 9.90 Å². The lowest BCUT2D eigenvalue weighted by atomic mass is 9.77. The number of H-pyrrole nitrogens is 1.